The van der Waals surface area contributed by atoms with E-state index in [2.05, 4.69) is 77.6 Å². The fourth-order valence-corrected chi connectivity index (χ4v) is 2.23. The second-order valence-electron chi connectivity index (χ2n) is 6.95. The molecule has 0 nitrogen and oxygen atoms in total. The summed E-state index contributed by atoms with van der Waals surface area (Å²) >= 11 is 0. The minimum Gasteiger partial charge on any atom is -0.102 e. The van der Waals surface area contributed by atoms with Crippen molar-refractivity contribution in [3.63, 3.8) is 0 Å². The third-order valence-electron chi connectivity index (χ3n) is 3.96. The Kier molecular flexibility index (Phi) is 3.30. The Morgan fingerprint density at radius 1 is 0.789 bits per heavy atom. The molecule has 19 heavy (non-hydrogen) atoms. The zero-order valence-electron chi connectivity index (χ0n) is 12.7. The zero-order valence-corrected chi connectivity index (χ0v) is 12.7. The van der Waals surface area contributed by atoms with Crippen LogP contribution in [-0.4, -0.2) is 0 Å². The smallest absolute Gasteiger partial charge is 0.00726 e. The summed E-state index contributed by atoms with van der Waals surface area (Å²) in [5.74, 6) is 0. The van der Waals surface area contributed by atoms with Crippen LogP contribution >= 0.6 is 0 Å². The maximum absolute atomic E-state index is 3.93. The summed E-state index contributed by atoms with van der Waals surface area (Å²) in [7, 11) is 0. The molecule has 0 aromatic rings. The predicted molar refractivity (Wildman–Crippen MR) is 85.0 cm³/mol. The van der Waals surface area contributed by atoms with Gasteiger partial charge in [-0.3, -0.25) is 0 Å². The highest BCUT2D eigenvalue weighted by Crippen LogP contribution is 2.34. The van der Waals surface area contributed by atoms with Crippen molar-refractivity contribution in [2.45, 2.75) is 45.4 Å². The lowest BCUT2D eigenvalue weighted by molar-refractivity contribution is 0.592. The number of allylic oxidation sites excluding steroid dienone is 1. The van der Waals surface area contributed by atoms with Gasteiger partial charge in [0.15, 0.2) is 0 Å². The Morgan fingerprint density at radius 3 is 1.63 bits per heavy atom. The molecule has 0 N–H and O–H groups in total. The second kappa shape index (κ2) is 4.52. The monoisotopic (exact) mass is 252 g/mol. The third kappa shape index (κ3) is 2.73. The first-order chi connectivity index (χ1) is 8.74. The Morgan fingerprint density at radius 2 is 1.26 bits per heavy atom. The molecule has 0 spiro atoms. The lowest BCUT2D eigenvalue weighted by Crippen LogP contribution is -2.11. The molecule has 0 heteroatoms. The first kappa shape index (κ1) is 13.9. The minimum absolute atomic E-state index is 0.0172. The van der Waals surface area contributed by atoms with Gasteiger partial charge in [-0.05, 0) is 27.7 Å². The van der Waals surface area contributed by atoms with Gasteiger partial charge in [0.1, 0.15) is 0 Å². The van der Waals surface area contributed by atoms with E-state index in [1.165, 1.54) is 22.3 Å². The van der Waals surface area contributed by atoms with Gasteiger partial charge in [0.25, 0.3) is 0 Å². The van der Waals surface area contributed by atoms with Crippen LogP contribution in [0.5, 0.6) is 0 Å². The van der Waals surface area contributed by atoms with E-state index in [4.69, 9.17) is 0 Å². The molecule has 0 saturated carbocycles. The number of hydrogen-bond donors (Lipinski definition) is 0. The molecule has 0 aromatic carbocycles. The summed E-state index contributed by atoms with van der Waals surface area (Å²) in [6.07, 6.45) is 2.01. The SMILES string of the molecule is C=CC(C)(C)c1ccc2cc(C(C)(C)C)cc-2cc1. The Labute approximate surface area is 117 Å². The van der Waals surface area contributed by atoms with Crippen molar-refractivity contribution in [1.82, 2.24) is 0 Å². The molecular formula is C19H24. The standard InChI is InChI=1S/C19H24/c1-7-19(5,6)16-10-8-14-12-17(18(2,3)4)13-15(14)9-11-16/h7-13H,1H2,2-6H3. The van der Waals surface area contributed by atoms with Crippen molar-refractivity contribution >= 4 is 0 Å². The molecule has 0 unspecified atom stereocenters. The van der Waals surface area contributed by atoms with Crippen molar-refractivity contribution in [2.24, 2.45) is 0 Å². The van der Waals surface area contributed by atoms with Gasteiger partial charge in [0, 0.05) is 5.41 Å². The van der Waals surface area contributed by atoms with Gasteiger partial charge in [-0.1, -0.05) is 77.1 Å². The van der Waals surface area contributed by atoms with Crippen molar-refractivity contribution in [1.29, 1.82) is 0 Å². The lowest BCUT2D eigenvalue weighted by atomic mass is 9.86. The number of hydrogen-bond acceptors (Lipinski definition) is 0. The van der Waals surface area contributed by atoms with E-state index < -0.39 is 0 Å². The zero-order chi connectivity index (χ0) is 14.3. The van der Waals surface area contributed by atoms with E-state index in [1.807, 2.05) is 6.08 Å². The molecule has 0 amide bonds. The highest BCUT2D eigenvalue weighted by atomic mass is 14.2. The fraction of sp³-hybridized carbons (Fsp3) is 0.368. The summed E-state index contributed by atoms with van der Waals surface area (Å²) in [5, 5.41) is 0. The molecule has 0 saturated heterocycles. The average molecular weight is 252 g/mol. The molecule has 0 bridgehead atoms. The molecule has 0 radical (unpaired) electrons. The summed E-state index contributed by atoms with van der Waals surface area (Å²) in [4.78, 5) is 0. The van der Waals surface area contributed by atoms with E-state index in [9.17, 15) is 0 Å². The minimum atomic E-state index is 0.0172. The molecule has 0 atom stereocenters. The highest BCUT2D eigenvalue weighted by molar-refractivity contribution is 5.69. The predicted octanol–water partition coefficient (Wildman–Crippen LogP) is 5.55. The maximum Gasteiger partial charge on any atom is 0.00726 e. The Balaban J connectivity index is 2.53. The Bertz CT molecular complexity index is 533. The first-order valence-corrected chi connectivity index (χ1v) is 6.92. The maximum atomic E-state index is 3.93. The van der Waals surface area contributed by atoms with Crippen molar-refractivity contribution < 1.29 is 0 Å². The van der Waals surface area contributed by atoms with Crippen LogP contribution in [0.3, 0.4) is 0 Å². The largest absolute Gasteiger partial charge is 0.102 e. The van der Waals surface area contributed by atoms with Crippen LogP contribution in [-0.2, 0) is 10.8 Å². The van der Waals surface area contributed by atoms with E-state index in [0.717, 1.165) is 0 Å². The van der Waals surface area contributed by atoms with Gasteiger partial charge in [0.05, 0.1) is 0 Å². The van der Waals surface area contributed by atoms with Crippen LogP contribution in [0.25, 0.3) is 11.1 Å². The molecule has 100 valence electrons. The Hall–Kier alpha value is -1.56. The van der Waals surface area contributed by atoms with Crippen LogP contribution < -0.4 is 0 Å². The van der Waals surface area contributed by atoms with Gasteiger partial charge in [-0.15, -0.1) is 6.58 Å². The lowest BCUT2D eigenvalue weighted by Gasteiger charge is -2.19. The summed E-state index contributed by atoms with van der Waals surface area (Å²) in [6.45, 7) is 15.1. The molecule has 2 aliphatic carbocycles. The third-order valence-corrected chi connectivity index (χ3v) is 3.96. The van der Waals surface area contributed by atoms with Crippen LogP contribution in [0.4, 0.5) is 0 Å². The molecule has 0 aromatic heterocycles. The molecule has 0 aliphatic heterocycles. The van der Waals surface area contributed by atoms with Crippen LogP contribution in [0.2, 0.25) is 0 Å². The normalized spacial score (nSPS) is 12.7. The first-order valence-electron chi connectivity index (χ1n) is 6.92. The van der Waals surface area contributed by atoms with Gasteiger partial charge in [-0.25, -0.2) is 0 Å². The van der Waals surface area contributed by atoms with Crippen molar-refractivity contribution in [3.8, 4) is 11.1 Å². The van der Waals surface area contributed by atoms with Gasteiger partial charge < -0.3 is 0 Å². The van der Waals surface area contributed by atoms with Gasteiger partial charge in [0.2, 0.25) is 0 Å². The highest BCUT2D eigenvalue weighted by Gasteiger charge is 2.19. The fourth-order valence-electron chi connectivity index (χ4n) is 2.23. The molecule has 0 fully saturated rings. The topological polar surface area (TPSA) is 0 Å². The second-order valence-corrected chi connectivity index (χ2v) is 6.95. The van der Waals surface area contributed by atoms with Gasteiger partial charge in [-0.2, -0.15) is 0 Å². The number of rotatable bonds is 2. The summed E-state index contributed by atoms with van der Waals surface area (Å²) < 4.78 is 0. The quantitative estimate of drug-likeness (QED) is 0.614. The van der Waals surface area contributed by atoms with E-state index in [-0.39, 0.29) is 10.8 Å². The van der Waals surface area contributed by atoms with Crippen LogP contribution in [0.15, 0.2) is 49.1 Å². The summed E-state index contributed by atoms with van der Waals surface area (Å²) in [6, 6.07) is 13.5. The molecule has 2 aliphatic rings. The van der Waals surface area contributed by atoms with E-state index in [1.54, 1.807) is 0 Å². The van der Waals surface area contributed by atoms with Crippen LogP contribution in [0, 0.1) is 0 Å². The summed E-state index contributed by atoms with van der Waals surface area (Å²) in [5.41, 5.74) is 5.56. The molecule has 0 heterocycles. The van der Waals surface area contributed by atoms with Crippen molar-refractivity contribution in [3.05, 3.63) is 60.2 Å². The molecular weight excluding hydrogens is 228 g/mol. The van der Waals surface area contributed by atoms with Crippen molar-refractivity contribution in [2.75, 3.05) is 0 Å². The van der Waals surface area contributed by atoms with Gasteiger partial charge >= 0.3 is 0 Å². The average Bonchev–Trinajstić information content (AvgIpc) is 2.62. The number of fused-ring (bicyclic) bond motifs is 1. The molecule has 2 rings (SSSR count). The van der Waals surface area contributed by atoms with E-state index in [0.29, 0.717) is 0 Å². The van der Waals surface area contributed by atoms with Crippen LogP contribution in [0.1, 0.15) is 45.7 Å². The van der Waals surface area contributed by atoms with E-state index >= 15 is 0 Å².